The molecule has 2 aromatic carbocycles. The fraction of sp³-hybridized carbons (Fsp3) is 0.0588. The summed E-state index contributed by atoms with van der Waals surface area (Å²) >= 11 is 0. The summed E-state index contributed by atoms with van der Waals surface area (Å²) in [5.41, 5.74) is 6.35. The number of amides is 3. The summed E-state index contributed by atoms with van der Waals surface area (Å²) in [6.45, 7) is -0.206. The Bertz CT molecular complexity index is 808. The van der Waals surface area contributed by atoms with Gasteiger partial charge in [0, 0.05) is 0 Å². The first-order chi connectivity index (χ1) is 11.6. The normalized spacial score (nSPS) is 13.4. The first-order valence-electron chi connectivity index (χ1n) is 7.09. The number of primary amides is 1. The van der Waals surface area contributed by atoms with Crippen LogP contribution in [0, 0.1) is 0 Å². The molecule has 0 fully saturated rings. The number of hydrazone groups is 1. The molecule has 0 spiro atoms. The quantitative estimate of drug-likeness (QED) is 0.659. The van der Waals surface area contributed by atoms with Gasteiger partial charge in [-0.25, -0.2) is 0 Å². The number of carbonyl (C=O) groups excluding carboxylic acids is 3. The van der Waals surface area contributed by atoms with Gasteiger partial charge in [0.2, 0.25) is 0 Å². The Hall–Kier alpha value is -3.48. The third-order valence-corrected chi connectivity index (χ3v) is 3.36. The van der Waals surface area contributed by atoms with Gasteiger partial charge in [0.1, 0.15) is 5.75 Å². The number of imide groups is 1. The van der Waals surface area contributed by atoms with Crippen LogP contribution in [0.2, 0.25) is 0 Å². The van der Waals surface area contributed by atoms with E-state index in [1.165, 1.54) is 6.21 Å². The molecule has 2 aromatic rings. The third-order valence-electron chi connectivity index (χ3n) is 3.36. The van der Waals surface area contributed by atoms with E-state index in [4.69, 9.17) is 10.5 Å². The molecular weight excluding hydrogens is 310 g/mol. The van der Waals surface area contributed by atoms with Crippen molar-refractivity contribution in [1.82, 2.24) is 5.01 Å². The van der Waals surface area contributed by atoms with Crippen molar-refractivity contribution in [3.8, 4) is 5.75 Å². The predicted molar refractivity (Wildman–Crippen MR) is 85.7 cm³/mol. The molecule has 0 atom stereocenters. The zero-order valence-electron chi connectivity index (χ0n) is 12.5. The molecule has 3 amide bonds. The van der Waals surface area contributed by atoms with E-state index < -0.39 is 17.7 Å². The van der Waals surface area contributed by atoms with Gasteiger partial charge in [-0.15, -0.1) is 0 Å². The molecule has 0 radical (unpaired) electrons. The Morgan fingerprint density at radius 2 is 1.62 bits per heavy atom. The summed E-state index contributed by atoms with van der Waals surface area (Å²) < 4.78 is 5.14. The Balaban J connectivity index is 1.72. The van der Waals surface area contributed by atoms with E-state index in [0.717, 1.165) is 5.01 Å². The number of ether oxygens (including phenoxy) is 1. The van der Waals surface area contributed by atoms with Crippen molar-refractivity contribution in [1.29, 1.82) is 0 Å². The number of fused-ring (bicyclic) bond motifs is 1. The molecule has 0 aliphatic carbocycles. The van der Waals surface area contributed by atoms with Crippen molar-refractivity contribution >= 4 is 23.9 Å². The molecule has 24 heavy (non-hydrogen) atoms. The summed E-state index contributed by atoms with van der Waals surface area (Å²) in [7, 11) is 0. The smallest absolute Gasteiger partial charge is 0.282 e. The van der Waals surface area contributed by atoms with Gasteiger partial charge in [-0.2, -0.15) is 10.1 Å². The van der Waals surface area contributed by atoms with E-state index in [-0.39, 0.29) is 6.61 Å². The Kier molecular flexibility index (Phi) is 4.07. The van der Waals surface area contributed by atoms with Crippen molar-refractivity contribution in [3.63, 3.8) is 0 Å². The van der Waals surface area contributed by atoms with E-state index >= 15 is 0 Å². The van der Waals surface area contributed by atoms with Crippen molar-refractivity contribution in [2.24, 2.45) is 10.8 Å². The molecule has 0 saturated heterocycles. The zero-order valence-corrected chi connectivity index (χ0v) is 12.5. The molecule has 1 aliphatic heterocycles. The maximum atomic E-state index is 12.2. The van der Waals surface area contributed by atoms with Gasteiger partial charge in [-0.3, -0.25) is 14.4 Å². The van der Waals surface area contributed by atoms with Crippen LogP contribution >= 0.6 is 0 Å². The minimum atomic E-state index is -0.564. The molecule has 120 valence electrons. The number of carbonyl (C=O) groups is 3. The summed E-state index contributed by atoms with van der Waals surface area (Å²) in [6, 6.07) is 13.2. The van der Waals surface area contributed by atoms with E-state index in [2.05, 4.69) is 5.10 Å². The first-order valence-corrected chi connectivity index (χ1v) is 7.09. The molecule has 0 bridgehead atoms. The maximum Gasteiger partial charge on any atom is 0.282 e. The van der Waals surface area contributed by atoms with Crippen LogP contribution in [0.4, 0.5) is 0 Å². The molecule has 7 nitrogen and oxygen atoms in total. The summed E-state index contributed by atoms with van der Waals surface area (Å²) in [5, 5.41) is 4.80. The standard InChI is InChI=1S/C17H13N3O4/c18-15(21)10-24-12-7-5-11(6-8-12)9-19-20-16(22)13-3-1-2-4-14(13)17(20)23/h1-9H,10H2,(H2,18,21)/b19-9-. The van der Waals surface area contributed by atoms with Gasteiger partial charge in [-0.05, 0) is 42.0 Å². The van der Waals surface area contributed by atoms with Crippen LogP contribution in [-0.4, -0.2) is 35.6 Å². The topological polar surface area (TPSA) is 102 Å². The van der Waals surface area contributed by atoms with E-state index in [1.807, 2.05) is 0 Å². The molecule has 1 heterocycles. The fourth-order valence-electron chi connectivity index (χ4n) is 2.21. The molecule has 3 rings (SSSR count). The SMILES string of the molecule is NC(=O)COc1ccc(/C=N\N2C(=O)c3ccccc3C2=O)cc1. The lowest BCUT2D eigenvalue weighted by atomic mass is 10.1. The highest BCUT2D eigenvalue weighted by atomic mass is 16.5. The van der Waals surface area contributed by atoms with E-state index in [0.29, 0.717) is 22.4 Å². The van der Waals surface area contributed by atoms with Crippen LogP contribution in [0.15, 0.2) is 53.6 Å². The van der Waals surface area contributed by atoms with Gasteiger partial charge in [0.15, 0.2) is 6.61 Å². The molecule has 0 saturated carbocycles. The van der Waals surface area contributed by atoms with Crippen molar-refractivity contribution in [2.45, 2.75) is 0 Å². The second-order valence-corrected chi connectivity index (χ2v) is 5.04. The lowest BCUT2D eigenvalue weighted by molar-refractivity contribution is -0.119. The van der Waals surface area contributed by atoms with Crippen molar-refractivity contribution < 1.29 is 19.1 Å². The van der Waals surface area contributed by atoms with Crippen molar-refractivity contribution in [3.05, 3.63) is 65.2 Å². The van der Waals surface area contributed by atoms with Crippen LogP contribution in [0.3, 0.4) is 0 Å². The highest BCUT2D eigenvalue weighted by molar-refractivity contribution is 6.21. The number of nitrogens with two attached hydrogens (primary N) is 1. The molecule has 7 heteroatoms. The predicted octanol–water partition coefficient (Wildman–Crippen LogP) is 1.18. The average molecular weight is 323 g/mol. The van der Waals surface area contributed by atoms with Gasteiger partial charge in [-0.1, -0.05) is 12.1 Å². The number of hydrogen-bond donors (Lipinski definition) is 1. The number of rotatable bonds is 5. The third kappa shape index (κ3) is 3.00. The fourth-order valence-corrected chi connectivity index (χ4v) is 2.21. The van der Waals surface area contributed by atoms with Crippen LogP contribution in [0.1, 0.15) is 26.3 Å². The maximum absolute atomic E-state index is 12.2. The largest absolute Gasteiger partial charge is 0.484 e. The molecular formula is C17H13N3O4. The molecule has 0 aromatic heterocycles. The molecule has 0 unspecified atom stereocenters. The Morgan fingerprint density at radius 3 is 2.17 bits per heavy atom. The number of hydrogen-bond acceptors (Lipinski definition) is 5. The Morgan fingerprint density at radius 1 is 1.04 bits per heavy atom. The lowest BCUT2D eigenvalue weighted by Crippen LogP contribution is -2.24. The zero-order chi connectivity index (χ0) is 17.1. The minimum absolute atomic E-state index is 0.206. The van der Waals surface area contributed by atoms with Crippen LogP contribution < -0.4 is 10.5 Å². The van der Waals surface area contributed by atoms with Crippen LogP contribution in [-0.2, 0) is 4.79 Å². The van der Waals surface area contributed by atoms with E-state index in [9.17, 15) is 14.4 Å². The second kappa shape index (κ2) is 6.33. The Labute approximate surface area is 137 Å². The second-order valence-electron chi connectivity index (χ2n) is 5.04. The van der Waals surface area contributed by atoms with Gasteiger partial charge < -0.3 is 10.5 Å². The van der Waals surface area contributed by atoms with Gasteiger partial charge in [0.05, 0.1) is 17.3 Å². The van der Waals surface area contributed by atoms with Crippen LogP contribution in [0.5, 0.6) is 5.75 Å². The number of nitrogens with zero attached hydrogens (tertiary/aromatic N) is 2. The average Bonchev–Trinajstić information content (AvgIpc) is 2.83. The van der Waals surface area contributed by atoms with Crippen molar-refractivity contribution in [2.75, 3.05) is 6.61 Å². The highest BCUT2D eigenvalue weighted by Gasteiger charge is 2.35. The number of benzene rings is 2. The van der Waals surface area contributed by atoms with E-state index in [1.54, 1.807) is 48.5 Å². The first kappa shape index (κ1) is 15.4. The van der Waals surface area contributed by atoms with Crippen LogP contribution in [0.25, 0.3) is 0 Å². The minimum Gasteiger partial charge on any atom is -0.484 e. The molecule has 1 aliphatic rings. The summed E-state index contributed by atoms with van der Waals surface area (Å²) in [4.78, 5) is 35.0. The molecule has 2 N–H and O–H groups in total. The summed E-state index contributed by atoms with van der Waals surface area (Å²) in [6.07, 6.45) is 1.40. The summed E-state index contributed by atoms with van der Waals surface area (Å²) in [5.74, 6) is -0.987. The lowest BCUT2D eigenvalue weighted by Gasteiger charge is -2.06. The highest BCUT2D eigenvalue weighted by Crippen LogP contribution is 2.22. The van der Waals surface area contributed by atoms with Gasteiger partial charge in [0.25, 0.3) is 17.7 Å². The van der Waals surface area contributed by atoms with Gasteiger partial charge >= 0.3 is 0 Å². The monoisotopic (exact) mass is 323 g/mol.